The second kappa shape index (κ2) is 3.45. The van der Waals surface area contributed by atoms with E-state index in [0.717, 1.165) is 5.92 Å². The first kappa shape index (κ1) is 10.6. The molecular formula is C13H15NO3. The average Bonchev–Trinajstić information content (AvgIpc) is 3.13. The van der Waals surface area contributed by atoms with E-state index in [0.29, 0.717) is 12.0 Å². The van der Waals surface area contributed by atoms with Crippen molar-refractivity contribution in [3.8, 4) is 0 Å². The zero-order valence-corrected chi connectivity index (χ0v) is 9.56. The minimum Gasteiger partial charge on any atom is -0.478 e. The van der Waals surface area contributed by atoms with E-state index >= 15 is 0 Å². The largest absolute Gasteiger partial charge is 0.478 e. The van der Waals surface area contributed by atoms with Crippen LogP contribution >= 0.6 is 0 Å². The number of aromatic nitrogens is 1. The first-order valence-electron chi connectivity index (χ1n) is 6.05. The lowest BCUT2D eigenvalue weighted by molar-refractivity contribution is 0.0695. The van der Waals surface area contributed by atoms with Crippen molar-refractivity contribution in [1.29, 1.82) is 0 Å². The first-order valence-corrected chi connectivity index (χ1v) is 6.05. The van der Waals surface area contributed by atoms with Crippen molar-refractivity contribution >= 4 is 5.97 Å². The Labute approximate surface area is 98.9 Å². The number of carbonyl (C=O) groups is 1. The summed E-state index contributed by atoms with van der Waals surface area (Å²) >= 11 is 0. The standard InChI is InChI=1S/C13H15NO3/c15-11-4-1-9(12(16)17)7-14(11)8-13(5-6-13)10-2-3-10/h1,4,7,10H,2-3,5-6,8H2,(H,16,17). The molecule has 17 heavy (non-hydrogen) atoms. The highest BCUT2D eigenvalue weighted by atomic mass is 16.4. The van der Waals surface area contributed by atoms with E-state index in [1.807, 2.05) is 0 Å². The van der Waals surface area contributed by atoms with E-state index in [1.54, 1.807) is 4.57 Å². The normalized spacial score (nSPS) is 21.2. The number of hydrogen-bond donors (Lipinski definition) is 1. The minimum absolute atomic E-state index is 0.0954. The summed E-state index contributed by atoms with van der Waals surface area (Å²) in [6, 6.07) is 2.73. The highest BCUT2D eigenvalue weighted by Crippen LogP contribution is 2.62. The molecular weight excluding hydrogens is 218 g/mol. The van der Waals surface area contributed by atoms with Crippen molar-refractivity contribution in [1.82, 2.24) is 4.57 Å². The molecule has 0 spiro atoms. The molecule has 0 bridgehead atoms. The molecule has 4 heteroatoms. The predicted molar refractivity (Wildman–Crippen MR) is 62.1 cm³/mol. The van der Waals surface area contributed by atoms with Crippen LogP contribution in [0.1, 0.15) is 36.0 Å². The molecule has 2 aliphatic rings. The fraction of sp³-hybridized carbons (Fsp3) is 0.538. The summed E-state index contributed by atoms with van der Waals surface area (Å²) in [7, 11) is 0. The second-order valence-electron chi connectivity index (χ2n) is 5.33. The molecule has 1 aromatic heterocycles. The highest BCUT2D eigenvalue weighted by molar-refractivity contribution is 5.87. The fourth-order valence-electron chi connectivity index (χ4n) is 2.67. The molecule has 3 rings (SSSR count). The van der Waals surface area contributed by atoms with Crippen LogP contribution in [-0.4, -0.2) is 15.6 Å². The summed E-state index contributed by atoms with van der Waals surface area (Å²) in [5, 5.41) is 8.92. The second-order valence-corrected chi connectivity index (χ2v) is 5.33. The zero-order valence-electron chi connectivity index (χ0n) is 9.56. The number of pyridine rings is 1. The van der Waals surface area contributed by atoms with Gasteiger partial charge in [-0.15, -0.1) is 0 Å². The summed E-state index contributed by atoms with van der Waals surface area (Å²) in [6.07, 6.45) is 6.39. The van der Waals surface area contributed by atoms with Crippen LogP contribution in [0.5, 0.6) is 0 Å². The zero-order chi connectivity index (χ0) is 12.0. The smallest absolute Gasteiger partial charge is 0.337 e. The van der Waals surface area contributed by atoms with Gasteiger partial charge >= 0.3 is 5.97 Å². The van der Waals surface area contributed by atoms with Gasteiger partial charge in [0.2, 0.25) is 0 Å². The van der Waals surface area contributed by atoms with Crippen LogP contribution in [0.25, 0.3) is 0 Å². The lowest BCUT2D eigenvalue weighted by Gasteiger charge is -2.16. The van der Waals surface area contributed by atoms with Gasteiger partial charge in [-0.25, -0.2) is 4.79 Å². The number of rotatable bonds is 4. The number of nitrogens with zero attached hydrogens (tertiary/aromatic N) is 1. The summed E-state index contributed by atoms with van der Waals surface area (Å²) in [5.74, 6) is -0.210. The lowest BCUT2D eigenvalue weighted by atomic mass is 10.0. The van der Waals surface area contributed by atoms with E-state index in [-0.39, 0.29) is 11.1 Å². The van der Waals surface area contributed by atoms with Gasteiger partial charge in [0.15, 0.2) is 0 Å². The Morgan fingerprint density at radius 2 is 2.12 bits per heavy atom. The molecule has 2 fully saturated rings. The lowest BCUT2D eigenvalue weighted by Crippen LogP contribution is -2.25. The summed E-state index contributed by atoms with van der Waals surface area (Å²) in [6.45, 7) is 0.692. The van der Waals surface area contributed by atoms with E-state index in [2.05, 4.69) is 0 Å². The Morgan fingerprint density at radius 1 is 1.41 bits per heavy atom. The number of carboxylic acid groups (broad SMARTS) is 1. The summed E-state index contributed by atoms with van der Waals surface area (Å²) in [4.78, 5) is 22.6. The fourth-order valence-corrected chi connectivity index (χ4v) is 2.67. The van der Waals surface area contributed by atoms with Crippen molar-refractivity contribution in [3.05, 3.63) is 34.2 Å². The van der Waals surface area contributed by atoms with E-state index < -0.39 is 5.97 Å². The van der Waals surface area contributed by atoms with Gasteiger partial charge in [-0.05, 0) is 43.1 Å². The monoisotopic (exact) mass is 233 g/mol. The van der Waals surface area contributed by atoms with Crippen LogP contribution in [0.3, 0.4) is 0 Å². The first-order chi connectivity index (χ1) is 8.11. The van der Waals surface area contributed by atoms with E-state index in [4.69, 9.17) is 5.11 Å². The summed E-state index contributed by atoms with van der Waals surface area (Å²) in [5.41, 5.74) is 0.402. The molecule has 0 aliphatic heterocycles. The highest BCUT2D eigenvalue weighted by Gasteiger charge is 2.53. The molecule has 1 heterocycles. The molecule has 0 saturated heterocycles. The third kappa shape index (κ3) is 1.88. The van der Waals surface area contributed by atoms with Gasteiger partial charge in [-0.3, -0.25) is 4.79 Å². The van der Waals surface area contributed by atoms with Gasteiger partial charge in [0.1, 0.15) is 0 Å². The Hall–Kier alpha value is -1.58. The average molecular weight is 233 g/mol. The third-order valence-corrected chi connectivity index (χ3v) is 4.05. The van der Waals surface area contributed by atoms with Crippen molar-refractivity contribution in [2.75, 3.05) is 0 Å². The van der Waals surface area contributed by atoms with Gasteiger partial charge < -0.3 is 9.67 Å². The van der Waals surface area contributed by atoms with Gasteiger partial charge in [0, 0.05) is 18.8 Å². The van der Waals surface area contributed by atoms with Crippen molar-refractivity contribution in [2.45, 2.75) is 32.2 Å². The topological polar surface area (TPSA) is 59.3 Å². The van der Waals surface area contributed by atoms with Crippen LogP contribution in [0, 0.1) is 11.3 Å². The maximum atomic E-state index is 11.7. The SMILES string of the molecule is O=C(O)c1ccc(=O)n(CC2(C3CC3)CC2)c1. The Kier molecular flexibility index (Phi) is 2.15. The Morgan fingerprint density at radius 3 is 2.65 bits per heavy atom. The van der Waals surface area contributed by atoms with E-state index in [9.17, 15) is 9.59 Å². The minimum atomic E-state index is -0.977. The molecule has 0 aromatic carbocycles. The molecule has 0 radical (unpaired) electrons. The van der Waals surface area contributed by atoms with Gasteiger partial charge in [0.25, 0.3) is 5.56 Å². The van der Waals surface area contributed by atoms with Crippen molar-refractivity contribution in [2.24, 2.45) is 11.3 Å². The quantitative estimate of drug-likeness (QED) is 0.861. The van der Waals surface area contributed by atoms with Crippen LogP contribution < -0.4 is 5.56 Å². The number of aromatic carboxylic acids is 1. The maximum Gasteiger partial charge on any atom is 0.337 e. The number of carboxylic acids is 1. The predicted octanol–water partition coefficient (Wildman–Crippen LogP) is 1.74. The van der Waals surface area contributed by atoms with Crippen LogP contribution in [0.15, 0.2) is 23.1 Å². The summed E-state index contributed by atoms with van der Waals surface area (Å²) < 4.78 is 1.58. The van der Waals surface area contributed by atoms with Gasteiger partial charge in [-0.1, -0.05) is 0 Å². The molecule has 1 aromatic rings. The van der Waals surface area contributed by atoms with Crippen LogP contribution in [-0.2, 0) is 6.54 Å². The maximum absolute atomic E-state index is 11.7. The number of hydrogen-bond acceptors (Lipinski definition) is 2. The molecule has 4 nitrogen and oxygen atoms in total. The Bertz CT molecular complexity index is 524. The van der Waals surface area contributed by atoms with Gasteiger partial charge in [-0.2, -0.15) is 0 Å². The Balaban J connectivity index is 1.89. The molecule has 0 unspecified atom stereocenters. The van der Waals surface area contributed by atoms with Crippen molar-refractivity contribution in [3.63, 3.8) is 0 Å². The molecule has 1 N–H and O–H groups in total. The molecule has 2 saturated carbocycles. The third-order valence-electron chi connectivity index (χ3n) is 4.05. The van der Waals surface area contributed by atoms with Crippen LogP contribution in [0.4, 0.5) is 0 Å². The molecule has 2 aliphatic carbocycles. The molecule has 90 valence electrons. The molecule has 0 atom stereocenters. The van der Waals surface area contributed by atoms with Gasteiger partial charge in [0.05, 0.1) is 5.56 Å². The van der Waals surface area contributed by atoms with Crippen LogP contribution in [0.2, 0.25) is 0 Å². The van der Waals surface area contributed by atoms with Crippen molar-refractivity contribution < 1.29 is 9.90 Å². The molecule has 0 amide bonds. The van der Waals surface area contributed by atoms with E-state index in [1.165, 1.54) is 44.0 Å².